The highest BCUT2D eigenvalue weighted by Crippen LogP contribution is 2.23. The number of hydrogen-bond acceptors (Lipinski definition) is 2. The molecule has 0 aliphatic carbocycles. The monoisotopic (exact) mass is 228 g/mol. The van der Waals surface area contributed by atoms with Crippen LogP contribution in [0.3, 0.4) is 0 Å². The largest absolute Gasteiger partial charge is 0.462 e. The van der Waals surface area contributed by atoms with Crippen molar-refractivity contribution >= 4 is 5.97 Å². The second kappa shape index (κ2) is 8.08. The molecule has 0 aliphatic heterocycles. The standard InChI is InChI=1S/C13H21FO2/c1-5-8-10(4)12(14)11(9-6-2)13(15)16-7-3/h6,9-10H,5,7-8H2,1-4H3. The summed E-state index contributed by atoms with van der Waals surface area (Å²) in [5.74, 6) is -1.19. The molecule has 0 fully saturated rings. The highest BCUT2D eigenvalue weighted by atomic mass is 19.1. The smallest absolute Gasteiger partial charge is 0.340 e. The van der Waals surface area contributed by atoms with E-state index in [-0.39, 0.29) is 23.9 Å². The van der Waals surface area contributed by atoms with Crippen LogP contribution in [-0.4, -0.2) is 12.6 Å². The predicted molar refractivity (Wildman–Crippen MR) is 63.7 cm³/mol. The Morgan fingerprint density at radius 1 is 1.44 bits per heavy atom. The van der Waals surface area contributed by atoms with E-state index in [0.29, 0.717) is 0 Å². The fraction of sp³-hybridized carbons (Fsp3) is 0.615. The number of ether oxygens (including phenoxy) is 1. The third-order valence-electron chi connectivity index (χ3n) is 2.24. The molecule has 0 aromatic rings. The molecule has 0 spiro atoms. The molecule has 0 saturated carbocycles. The molecule has 0 radical (unpaired) electrons. The van der Waals surface area contributed by atoms with Crippen molar-refractivity contribution in [3.63, 3.8) is 0 Å². The summed E-state index contributed by atoms with van der Waals surface area (Å²) < 4.78 is 18.8. The van der Waals surface area contributed by atoms with Gasteiger partial charge in [-0.15, -0.1) is 0 Å². The molecule has 0 aromatic carbocycles. The summed E-state index contributed by atoms with van der Waals surface area (Å²) in [6.45, 7) is 7.48. The Balaban J connectivity index is 4.98. The van der Waals surface area contributed by atoms with Gasteiger partial charge in [0.05, 0.1) is 12.2 Å². The maximum Gasteiger partial charge on any atom is 0.340 e. The molecule has 0 N–H and O–H groups in total. The first-order valence-electron chi connectivity index (χ1n) is 5.77. The summed E-state index contributed by atoms with van der Waals surface area (Å²) in [4.78, 5) is 11.5. The second-order valence-corrected chi connectivity index (χ2v) is 3.67. The van der Waals surface area contributed by atoms with Crippen molar-refractivity contribution in [2.45, 2.75) is 40.5 Å². The summed E-state index contributed by atoms with van der Waals surface area (Å²) in [5.41, 5.74) is 0.0466. The molecule has 2 nitrogen and oxygen atoms in total. The number of hydrogen-bond donors (Lipinski definition) is 0. The maximum absolute atomic E-state index is 13.9. The Kier molecular flexibility index (Phi) is 7.52. The molecule has 0 amide bonds. The fourth-order valence-electron chi connectivity index (χ4n) is 1.45. The number of rotatable bonds is 6. The molecular formula is C13H21FO2. The van der Waals surface area contributed by atoms with E-state index in [1.807, 2.05) is 6.92 Å². The van der Waals surface area contributed by atoms with Crippen molar-refractivity contribution < 1.29 is 13.9 Å². The maximum atomic E-state index is 13.9. The summed E-state index contributed by atoms with van der Waals surface area (Å²) >= 11 is 0. The van der Waals surface area contributed by atoms with Gasteiger partial charge in [-0.25, -0.2) is 9.18 Å². The van der Waals surface area contributed by atoms with Crippen molar-refractivity contribution in [1.82, 2.24) is 0 Å². The molecule has 0 aliphatic rings. The molecule has 0 saturated heterocycles. The van der Waals surface area contributed by atoms with Gasteiger partial charge in [0.1, 0.15) is 5.83 Å². The van der Waals surface area contributed by atoms with E-state index in [9.17, 15) is 9.18 Å². The van der Waals surface area contributed by atoms with Crippen molar-refractivity contribution in [3.8, 4) is 0 Å². The molecule has 1 unspecified atom stereocenters. The van der Waals surface area contributed by atoms with E-state index in [1.54, 1.807) is 26.8 Å². The van der Waals surface area contributed by atoms with E-state index in [2.05, 4.69) is 0 Å². The Bertz CT molecular complexity index is 280. The SMILES string of the molecule is CC=CC(C(=O)OCC)=C(F)C(C)CCC. The number of carbonyl (C=O) groups is 1. The molecule has 0 aromatic heterocycles. The van der Waals surface area contributed by atoms with Gasteiger partial charge in [0.25, 0.3) is 0 Å². The second-order valence-electron chi connectivity index (χ2n) is 3.67. The lowest BCUT2D eigenvalue weighted by Gasteiger charge is -2.11. The van der Waals surface area contributed by atoms with Crippen LogP contribution in [-0.2, 0) is 9.53 Å². The molecule has 0 rings (SSSR count). The van der Waals surface area contributed by atoms with Crippen molar-refractivity contribution in [1.29, 1.82) is 0 Å². The minimum absolute atomic E-state index is 0.0466. The van der Waals surface area contributed by atoms with Gasteiger partial charge >= 0.3 is 5.97 Å². The molecule has 92 valence electrons. The topological polar surface area (TPSA) is 26.3 Å². The van der Waals surface area contributed by atoms with Crippen LogP contribution in [0.2, 0.25) is 0 Å². The number of allylic oxidation sites excluding steroid dienone is 2. The number of esters is 1. The van der Waals surface area contributed by atoms with E-state index in [4.69, 9.17) is 4.74 Å². The zero-order valence-corrected chi connectivity index (χ0v) is 10.5. The average Bonchev–Trinajstić information content (AvgIpc) is 2.25. The summed E-state index contributed by atoms with van der Waals surface area (Å²) in [6.07, 6.45) is 4.73. The minimum Gasteiger partial charge on any atom is -0.462 e. The predicted octanol–water partition coefficient (Wildman–Crippen LogP) is 3.79. The third-order valence-corrected chi connectivity index (χ3v) is 2.24. The van der Waals surface area contributed by atoms with Gasteiger partial charge in [0.2, 0.25) is 0 Å². The van der Waals surface area contributed by atoms with Crippen LogP contribution < -0.4 is 0 Å². The van der Waals surface area contributed by atoms with Gasteiger partial charge in [0, 0.05) is 5.92 Å². The van der Waals surface area contributed by atoms with Crippen LogP contribution in [0.25, 0.3) is 0 Å². The zero-order chi connectivity index (χ0) is 12.6. The molecule has 16 heavy (non-hydrogen) atoms. The minimum atomic E-state index is -0.582. The van der Waals surface area contributed by atoms with Crippen molar-refractivity contribution in [2.24, 2.45) is 5.92 Å². The van der Waals surface area contributed by atoms with Crippen LogP contribution in [0.1, 0.15) is 40.5 Å². The fourth-order valence-corrected chi connectivity index (χ4v) is 1.45. The summed E-state index contributed by atoms with van der Waals surface area (Å²) in [6, 6.07) is 0. The van der Waals surface area contributed by atoms with E-state index in [1.165, 1.54) is 6.08 Å². The van der Waals surface area contributed by atoms with Crippen LogP contribution in [0.15, 0.2) is 23.6 Å². The van der Waals surface area contributed by atoms with E-state index >= 15 is 0 Å². The normalized spacial score (nSPS) is 14.8. The first-order chi connectivity index (χ1) is 7.58. The Morgan fingerprint density at radius 3 is 2.50 bits per heavy atom. The van der Waals surface area contributed by atoms with Gasteiger partial charge in [-0.05, 0) is 26.3 Å². The molecular weight excluding hydrogens is 207 g/mol. The number of carbonyl (C=O) groups excluding carboxylic acids is 1. The average molecular weight is 228 g/mol. The lowest BCUT2D eigenvalue weighted by atomic mass is 10.0. The van der Waals surface area contributed by atoms with Crippen LogP contribution in [0, 0.1) is 5.92 Å². The summed E-state index contributed by atoms with van der Waals surface area (Å²) in [5, 5.41) is 0. The van der Waals surface area contributed by atoms with Crippen LogP contribution in [0.4, 0.5) is 4.39 Å². The van der Waals surface area contributed by atoms with Gasteiger partial charge < -0.3 is 4.74 Å². The van der Waals surface area contributed by atoms with Gasteiger partial charge in [-0.1, -0.05) is 26.3 Å². The van der Waals surface area contributed by atoms with E-state index < -0.39 is 5.97 Å². The van der Waals surface area contributed by atoms with Crippen LogP contribution in [0.5, 0.6) is 0 Å². The number of halogens is 1. The zero-order valence-electron chi connectivity index (χ0n) is 10.5. The van der Waals surface area contributed by atoms with Crippen LogP contribution >= 0.6 is 0 Å². The lowest BCUT2D eigenvalue weighted by molar-refractivity contribution is -0.138. The highest BCUT2D eigenvalue weighted by molar-refractivity contribution is 5.92. The van der Waals surface area contributed by atoms with Gasteiger partial charge in [-0.2, -0.15) is 0 Å². The van der Waals surface area contributed by atoms with Gasteiger partial charge in [0.15, 0.2) is 0 Å². The quantitative estimate of drug-likeness (QED) is 0.393. The first-order valence-corrected chi connectivity index (χ1v) is 5.77. The molecule has 0 heterocycles. The molecule has 3 heteroatoms. The first kappa shape index (κ1) is 14.9. The van der Waals surface area contributed by atoms with Gasteiger partial charge in [-0.3, -0.25) is 0 Å². The third kappa shape index (κ3) is 4.60. The van der Waals surface area contributed by atoms with E-state index in [0.717, 1.165) is 12.8 Å². The summed E-state index contributed by atoms with van der Waals surface area (Å²) in [7, 11) is 0. The van der Waals surface area contributed by atoms with Crippen molar-refractivity contribution in [2.75, 3.05) is 6.61 Å². The Morgan fingerprint density at radius 2 is 2.06 bits per heavy atom. The highest BCUT2D eigenvalue weighted by Gasteiger charge is 2.18. The Hall–Kier alpha value is -1.12. The molecule has 1 atom stereocenters. The lowest BCUT2D eigenvalue weighted by Crippen LogP contribution is -2.10. The molecule has 0 bridgehead atoms. The Labute approximate surface area is 97.2 Å². The van der Waals surface area contributed by atoms with Crippen molar-refractivity contribution in [3.05, 3.63) is 23.6 Å².